The fourth-order valence-electron chi connectivity index (χ4n) is 5.18. The van der Waals surface area contributed by atoms with Crippen LogP contribution in [0.25, 0.3) is 0 Å². The van der Waals surface area contributed by atoms with Crippen LogP contribution in [0.4, 0.5) is 0 Å². The van der Waals surface area contributed by atoms with Crippen molar-refractivity contribution in [1.82, 2.24) is 0 Å². The van der Waals surface area contributed by atoms with Crippen LogP contribution in [0.5, 0.6) is 0 Å². The van der Waals surface area contributed by atoms with Gasteiger partial charge in [-0.1, -0.05) is 168 Å². The Morgan fingerprint density at radius 3 is 1.30 bits per heavy atom. The van der Waals surface area contributed by atoms with E-state index in [-0.39, 0.29) is 12.6 Å². The van der Waals surface area contributed by atoms with Gasteiger partial charge in [0.2, 0.25) is 0 Å². The monoisotopic (exact) mass is 569 g/mol. The molecular formula is C35H68O5. The minimum absolute atomic E-state index is 0.0499. The Hall–Kier alpha value is -1.10. The summed E-state index contributed by atoms with van der Waals surface area (Å²) in [7, 11) is 0. The van der Waals surface area contributed by atoms with Crippen LogP contribution in [0.1, 0.15) is 194 Å². The number of ether oxygens (including phenoxy) is 2. The third-order valence-corrected chi connectivity index (χ3v) is 7.88. The molecule has 0 aliphatic carbocycles. The van der Waals surface area contributed by atoms with Crippen LogP contribution in [0, 0.1) is 0 Å². The molecule has 238 valence electrons. The predicted octanol–water partition coefficient (Wildman–Crippen LogP) is 10.4. The zero-order valence-electron chi connectivity index (χ0n) is 27.0. The Morgan fingerprint density at radius 2 is 0.900 bits per heavy atom. The average Bonchev–Trinajstić information content (AvgIpc) is 2.94. The van der Waals surface area contributed by atoms with Gasteiger partial charge in [-0.3, -0.25) is 4.79 Å². The third kappa shape index (κ3) is 28.4. The first kappa shape index (κ1) is 38.9. The number of esters is 2. The predicted molar refractivity (Wildman–Crippen MR) is 169 cm³/mol. The van der Waals surface area contributed by atoms with E-state index < -0.39 is 18.2 Å². The Balaban J connectivity index is 3.53. The van der Waals surface area contributed by atoms with Gasteiger partial charge in [-0.05, 0) is 19.8 Å². The molecule has 0 aliphatic rings. The van der Waals surface area contributed by atoms with E-state index in [1.165, 1.54) is 128 Å². The summed E-state index contributed by atoms with van der Waals surface area (Å²) in [6.45, 7) is 6.27. The standard InChI is InChI=1S/C35H68O5/c1-4-6-8-10-12-14-16-18-20-22-24-26-28-30-34(37)39-31-32(3)40-35(38)33(36)29-27-25-23-21-19-17-15-13-11-9-7-5-2/h32-33,36H,4-31H2,1-3H3. The number of hydrogen-bond donors (Lipinski definition) is 1. The summed E-state index contributed by atoms with van der Waals surface area (Å²) in [5.41, 5.74) is 0. The molecule has 40 heavy (non-hydrogen) atoms. The molecule has 0 aromatic heterocycles. The van der Waals surface area contributed by atoms with Crippen LogP contribution in [0.3, 0.4) is 0 Å². The number of aliphatic hydroxyl groups excluding tert-OH is 1. The Labute approximate surface area is 248 Å². The largest absolute Gasteiger partial charge is 0.462 e. The second-order valence-electron chi connectivity index (χ2n) is 12.1. The van der Waals surface area contributed by atoms with Gasteiger partial charge < -0.3 is 14.6 Å². The maximum atomic E-state index is 12.1. The van der Waals surface area contributed by atoms with Crippen LogP contribution in [-0.2, 0) is 19.1 Å². The summed E-state index contributed by atoms with van der Waals surface area (Å²) in [6.07, 6.45) is 30.8. The Morgan fingerprint density at radius 1 is 0.550 bits per heavy atom. The lowest BCUT2D eigenvalue weighted by Gasteiger charge is -2.16. The van der Waals surface area contributed by atoms with Gasteiger partial charge in [-0.2, -0.15) is 0 Å². The van der Waals surface area contributed by atoms with E-state index in [0.717, 1.165) is 32.1 Å². The van der Waals surface area contributed by atoms with E-state index in [9.17, 15) is 14.7 Å². The Kier molecular flexibility index (Phi) is 30.0. The van der Waals surface area contributed by atoms with Gasteiger partial charge in [-0.15, -0.1) is 0 Å². The highest BCUT2D eigenvalue weighted by Gasteiger charge is 2.19. The Bertz CT molecular complexity index is 550. The van der Waals surface area contributed by atoms with Crippen LogP contribution in [0.2, 0.25) is 0 Å². The molecule has 2 atom stereocenters. The molecule has 5 heteroatoms. The number of aliphatic hydroxyl groups is 1. The molecule has 5 nitrogen and oxygen atoms in total. The topological polar surface area (TPSA) is 72.8 Å². The van der Waals surface area contributed by atoms with Gasteiger partial charge in [0.25, 0.3) is 0 Å². The second-order valence-corrected chi connectivity index (χ2v) is 12.1. The zero-order valence-corrected chi connectivity index (χ0v) is 27.0. The van der Waals surface area contributed by atoms with Gasteiger partial charge in [0.1, 0.15) is 12.7 Å². The lowest BCUT2D eigenvalue weighted by Crippen LogP contribution is -2.29. The zero-order chi connectivity index (χ0) is 29.5. The summed E-state index contributed by atoms with van der Waals surface area (Å²) in [4.78, 5) is 24.1. The van der Waals surface area contributed by atoms with Crippen molar-refractivity contribution in [2.24, 2.45) is 0 Å². The van der Waals surface area contributed by atoms with Gasteiger partial charge in [0, 0.05) is 6.42 Å². The maximum Gasteiger partial charge on any atom is 0.335 e. The molecule has 0 amide bonds. The summed E-state index contributed by atoms with van der Waals surface area (Å²) >= 11 is 0. The van der Waals surface area contributed by atoms with E-state index in [4.69, 9.17) is 9.47 Å². The first-order valence-corrected chi connectivity index (χ1v) is 17.5. The van der Waals surface area contributed by atoms with E-state index in [2.05, 4.69) is 13.8 Å². The quantitative estimate of drug-likeness (QED) is 0.0665. The summed E-state index contributed by atoms with van der Waals surface area (Å²) in [5.74, 6) is -0.842. The molecular weight excluding hydrogens is 500 g/mol. The molecule has 0 radical (unpaired) electrons. The minimum Gasteiger partial charge on any atom is -0.462 e. The van der Waals surface area contributed by atoms with Gasteiger partial charge in [-0.25, -0.2) is 4.79 Å². The first-order valence-electron chi connectivity index (χ1n) is 17.5. The van der Waals surface area contributed by atoms with Crippen molar-refractivity contribution in [1.29, 1.82) is 0 Å². The summed E-state index contributed by atoms with van der Waals surface area (Å²) < 4.78 is 10.5. The molecule has 1 N–H and O–H groups in total. The van der Waals surface area contributed by atoms with Crippen molar-refractivity contribution >= 4 is 11.9 Å². The van der Waals surface area contributed by atoms with Gasteiger partial charge in [0.15, 0.2) is 6.10 Å². The molecule has 2 unspecified atom stereocenters. The fourth-order valence-corrected chi connectivity index (χ4v) is 5.18. The highest BCUT2D eigenvalue weighted by Crippen LogP contribution is 2.15. The van der Waals surface area contributed by atoms with Crippen LogP contribution < -0.4 is 0 Å². The second kappa shape index (κ2) is 30.8. The molecule has 0 spiro atoms. The summed E-state index contributed by atoms with van der Waals surface area (Å²) in [5, 5.41) is 10.1. The van der Waals surface area contributed by atoms with Crippen LogP contribution in [0.15, 0.2) is 0 Å². The molecule has 0 aromatic carbocycles. The lowest BCUT2D eigenvalue weighted by molar-refractivity contribution is -0.165. The van der Waals surface area contributed by atoms with Crippen molar-refractivity contribution in [3.8, 4) is 0 Å². The number of hydrogen-bond acceptors (Lipinski definition) is 5. The first-order chi connectivity index (χ1) is 19.5. The van der Waals surface area contributed by atoms with E-state index in [1.54, 1.807) is 6.92 Å². The molecule has 0 aliphatic heterocycles. The highest BCUT2D eigenvalue weighted by molar-refractivity contribution is 5.74. The van der Waals surface area contributed by atoms with E-state index in [0.29, 0.717) is 12.8 Å². The van der Waals surface area contributed by atoms with Crippen LogP contribution >= 0.6 is 0 Å². The smallest absolute Gasteiger partial charge is 0.335 e. The molecule has 0 aromatic rings. The SMILES string of the molecule is CCCCCCCCCCCCCCCC(=O)OCC(C)OC(=O)C(O)CCCCCCCCCCCCCC. The normalized spacial score (nSPS) is 12.8. The molecule has 0 fully saturated rings. The van der Waals surface area contributed by atoms with E-state index in [1.807, 2.05) is 0 Å². The molecule has 0 rings (SSSR count). The average molecular weight is 569 g/mol. The van der Waals surface area contributed by atoms with Crippen molar-refractivity contribution < 1.29 is 24.2 Å². The molecule has 0 bridgehead atoms. The van der Waals surface area contributed by atoms with Crippen LogP contribution in [-0.4, -0.2) is 35.9 Å². The number of unbranched alkanes of at least 4 members (excludes halogenated alkanes) is 23. The molecule has 0 saturated heterocycles. The van der Waals surface area contributed by atoms with Gasteiger partial charge >= 0.3 is 11.9 Å². The van der Waals surface area contributed by atoms with Gasteiger partial charge in [0.05, 0.1) is 0 Å². The number of rotatable bonds is 31. The summed E-state index contributed by atoms with van der Waals surface area (Å²) in [6, 6.07) is 0. The molecule has 0 heterocycles. The van der Waals surface area contributed by atoms with Crippen molar-refractivity contribution in [3.63, 3.8) is 0 Å². The fraction of sp³-hybridized carbons (Fsp3) is 0.943. The number of carbonyl (C=O) groups is 2. The number of carbonyl (C=O) groups excluding carboxylic acids is 2. The van der Waals surface area contributed by atoms with Crippen molar-refractivity contribution in [2.75, 3.05) is 6.61 Å². The minimum atomic E-state index is -1.09. The highest BCUT2D eigenvalue weighted by atomic mass is 16.6. The maximum absolute atomic E-state index is 12.1. The molecule has 0 saturated carbocycles. The van der Waals surface area contributed by atoms with Crippen molar-refractivity contribution in [2.45, 2.75) is 206 Å². The van der Waals surface area contributed by atoms with E-state index >= 15 is 0 Å². The lowest BCUT2D eigenvalue weighted by atomic mass is 10.0. The van der Waals surface area contributed by atoms with Crippen molar-refractivity contribution in [3.05, 3.63) is 0 Å². The third-order valence-electron chi connectivity index (χ3n) is 7.88.